The molecule has 36 heavy (non-hydrogen) atoms. The minimum atomic E-state index is -1.31. The molecule has 0 aliphatic heterocycles. The van der Waals surface area contributed by atoms with Gasteiger partial charge in [-0.3, -0.25) is 19.2 Å². The van der Waals surface area contributed by atoms with Gasteiger partial charge in [0.15, 0.2) is 0 Å². The standard InChI is InChI=1S/C22H29N5O7S2/c23-13(7-11-8-24-14-4-2-1-3-12(11)14)19(30)25-15(5-6-18(28)29)20(31)26-16(9-35)21(32)27-17(10-36)22(33)34/h1-4,8,13,15-17,24,35-36H,5-7,9-10,23H2,(H,25,30)(H,26,31)(H,27,32)(H,28,29)(H,33,34). The Kier molecular flexibility index (Phi) is 11.1. The highest BCUT2D eigenvalue weighted by Crippen LogP contribution is 2.18. The van der Waals surface area contributed by atoms with Crippen LogP contribution in [0, 0.1) is 0 Å². The van der Waals surface area contributed by atoms with Crippen LogP contribution in [0.4, 0.5) is 0 Å². The molecule has 0 radical (unpaired) electrons. The van der Waals surface area contributed by atoms with E-state index in [0.717, 1.165) is 16.5 Å². The number of aliphatic carboxylic acids is 2. The Labute approximate surface area is 217 Å². The average Bonchev–Trinajstić information content (AvgIpc) is 3.25. The molecule has 1 aromatic carbocycles. The Morgan fingerprint density at radius 2 is 1.47 bits per heavy atom. The third-order valence-corrected chi connectivity index (χ3v) is 6.07. The van der Waals surface area contributed by atoms with Crippen molar-refractivity contribution in [1.82, 2.24) is 20.9 Å². The molecule has 0 aliphatic rings. The Morgan fingerprint density at radius 1 is 0.889 bits per heavy atom. The van der Waals surface area contributed by atoms with Gasteiger partial charge in [-0.1, -0.05) is 18.2 Å². The van der Waals surface area contributed by atoms with Crippen molar-refractivity contribution in [2.24, 2.45) is 5.73 Å². The molecule has 196 valence electrons. The highest BCUT2D eigenvalue weighted by atomic mass is 32.1. The summed E-state index contributed by atoms with van der Waals surface area (Å²) in [6.07, 6.45) is 1.19. The lowest BCUT2D eigenvalue weighted by molar-refractivity contribution is -0.141. The molecular weight excluding hydrogens is 510 g/mol. The number of amides is 3. The van der Waals surface area contributed by atoms with Crippen LogP contribution in [0.2, 0.25) is 0 Å². The van der Waals surface area contributed by atoms with Crippen LogP contribution in [-0.4, -0.2) is 80.5 Å². The van der Waals surface area contributed by atoms with Crippen LogP contribution in [0.15, 0.2) is 30.5 Å². The number of thiol groups is 2. The van der Waals surface area contributed by atoms with Gasteiger partial charge in [-0.2, -0.15) is 25.3 Å². The fourth-order valence-corrected chi connectivity index (χ4v) is 3.87. The number of carbonyl (C=O) groups excluding carboxylic acids is 3. The summed E-state index contributed by atoms with van der Waals surface area (Å²) < 4.78 is 0. The second-order valence-electron chi connectivity index (χ2n) is 7.99. The Morgan fingerprint density at radius 3 is 2.08 bits per heavy atom. The molecule has 0 bridgehead atoms. The van der Waals surface area contributed by atoms with E-state index in [1.54, 1.807) is 6.20 Å². The van der Waals surface area contributed by atoms with Crippen molar-refractivity contribution < 1.29 is 34.2 Å². The molecule has 3 amide bonds. The molecule has 2 aromatic rings. The largest absolute Gasteiger partial charge is 0.481 e. The molecule has 14 heteroatoms. The van der Waals surface area contributed by atoms with Gasteiger partial charge in [0.1, 0.15) is 18.1 Å². The zero-order valence-electron chi connectivity index (χ0n) is 19.1. The number of carboxylic acids is 2. The lowest BCUT2D eigenvalue weighted by Gasteiger charge is -2.24. The number of hydrogen-bond acceptors (Lipinski definition) is 8. The number of benzene rings is 1. The maximum absolute atomic E-state index is 12.9. The molecule has 0 saturated heterocycles. The Hall–Kier alpha value is -3.23. The van der Waals surface area contributed by atoms with Crippen LogP contribution in [-0.2, 0) is 30.4 Å². The lowest BCUT2D eigenvalue weighted by Crippen LogP contribution is -2.58. The Balaban J connectivity index is 2.08. The third kappa shape index (κ3) is 8.17. The van der Waals surface area contributed by atoms with E-state index in [4.69, 9.17) is 15.9 Å². The van der Waals surface area contributed by atoms with Gasteiger partial charge in [0.25, 0.3) is 0 Å². The maximum atomic E-state index is 12.9. The van der Waals surface area contributed by atoms with E-state index in [9.17, 15) is 24.0 Å². The Bertz CT molecular complexity index is 1110. The van der Waals surface area contributed by atoms with Crippen LogP contribution in [0.25, 0.3) is 10.9 Å². The number of fused-ring (bicyclic) bond motifs is 1. The molecule has 12 nitrogen and oxygen atoms in total. The first-order valence-electron chi connectivity index (χ1n) is 10.9. The molecule has 1 heterocycles. The van der Waals surface area contributed by atoms with Crippen LogP contribution < -0.4 is 21.7 Å². The zero-order chi connectivity index (χ0) is 26.8. The molecule has 0 saturated carbocycles. The van der Waals surface area contributed by atoms with Crippen molar-refractivity contribution in [2.75, 3.05) is 11.5 Å². The van der Waals surface area contributed by atoms with Gasteiger partial charge in [-0.25, -0.2) is 4.79 Å². The molecule has 0 spiro atoms. The van der Waals surface area contributed by atoms with Crippen LogP contribution in [0.3, 0.4) is 0 Å². The zero-order valence-corrected chi connectivity index (χ0v) is 20.9. The van der Waals surface area contributed by atoms with Gasteiger partial charge in [-0.15, -0.1) is 0 Å². The average molecular weight is 540 g/mol. The lowest BCUT2D eigenvalue weighted by atomic mass is 10.0. The van der Waals surface area contributed by atoms with Gasteiger partial charge in [0.05, 0.1) is 6.04 Å². The number of nitrogens with two attached hydrogens (primary N) is 1. The quantitative estimate of drug-likeness (QED) is 0.140. The van der Waals surface area contributed by atoms with Crippen molar-refractivity contribution >= 4 is 65.8 Å². The van der Waals surface area contributed by atoms with E-state index in [-0.39, 0.29) is 24.3 Å². The van der Waals surface area contributed by atoms with Gasteiger partial charge < -0.3 is 36.9 Å². The first-order valence-corrected chi connectivity index (χ1v) is 12.2. The second-order valence-corrected chi connectivity index (χ2v) is 8.72. The number of H-pyrrole nitrogens is 1. The number of aromatic nitrogens is 1. The number of aromatic amines is 1. The minimum absolute atomic E-state index is 0.158. The molecule has 8 N–H and O–H groups in total. The van der Waals surface area contributed by atoms with Crippen LogP contribution in [0.5, 0.6) is 0 Å². The predicted octanol–water partition coefficient (Wildman–Crippen LogP) is -0.699. The molecular formula is C22H29N5O7S2. The summed E-state index contributed by atoms with van der Waals surface area (Å²) in [5, 5.41) is 26.1. The molecule has 4 atom stereocenters. The maximum Gasteiger partial charge on any atom is 0.327 e. The number of para-hydroxylation sites is 1. The van der Waals surface area contributed by atoms with Gasteiger partial charge in [0.2, 0.25) is 17.7 Å². The van der Waals surface area contributed by atoms with Crippen LogP contribution in [0.1, 0.15) is 18.4 Å². The summed E-state index contributed by atoms with van der Waals surface area (Å²) >= 11 is 7.89. The third-order valence-electron chi connectivity index (χ3n) is 5.34. The van der Waals surface area contributed by atoms with Crippen molar-refractivity contribution in [3.8, 4) is 0 Å². The fraction of sp³-hybridized carbons (Fsp3) is 0.409. The topological polar surface area (TPSA) is 204 Å². The van der Waals surface area contributed by atoms with Crippen molar-refractivity contribution in [3.05, 3.63) is 36.0 Å². The van der Waals surface area contributed by atoms with E-state index in [2.05, 4.69) is 46.2 Å². The molecule has 1 aromatic heterocycles. The molecule has 0 fully saturated rings. The number of nitrogens with one attached hydrogen (secondary N) is 4. The van der Waals surface area contributed by atoms with Crippen molar-refractivity contribution in [3.63, 3.8) is 0 Å². The summed E-state index contributed by atoms with van der Waals surface area (Å²) in [7, 11) is 0. The molecule has 2 rings (SSSR count). The predicted molar refractivity (Wildman–Crippen MR) is 138 cm³/mol. The monoisotopic (exact) mass is 539 g/mol. The number of carbonyl (C=O) groups is 5. The highest BCUT2D eigenvalue weighted by molar-refractivity contribution is 7.80. The van der Waals surface area contributed by atoms with Crippen LogP contribution >= 0.6 is 25.3 Å². The van der Waals surface area contributed by atoms with E-state index in [0.29, 0.717) is 0 Å². The smallest absolute Gasteiger partial charge is 0.327 e. The fourth-order valence-electron chi connectivity index (χ4n) is 3.37. The van der Waals surface area contributed by atoms with E-state index in [1.807, 2.05) is 24.3 Å². The first-order chi connectivity index (χ1) is 17.1. The van der Waals surface area contributed by atoms with E-state index >= 15 is 0 Å². The number of hydrogen-bond donors (Lipinski definition) is 9. The van der Waals surface area contributed by atoms with Gasteiger partial charge >= 0.3 is 11.9 Å². The molecule has 0 aliphatic carbocycles. The summed E-state index contributed by atoms with van der Waals surface area (Å²) in [4.78, 5) is 63.3. The normalized spacial score (nSPS) is 14.3. The van der Waals surface area contributed by atoms with E-state index in [1.165, 1.54) is 0 Å². The SMILES string of the molecule is NC(Cc1c[nH]c2ccccc12)C(=O)NC(CCC(=O)O)C(=O)NC(CS)C(=O)NC(CS)C(=O)O. The summed E-state index contributed by atoms with van der Waals surface area (Å²) in [6.45, 7) is 0. The van der Waals surface area contributed by atoms with Crippen molar-refractivity contribution in [2.45, 2.75) is 43.4 Å². The summed E-state index contributed by atoms with van der Waals surface area (Å²) in [6, 6.07) is 2.58. The first kappa shape index (κ1) is 29.0. The highest BCUT2D eigenvalue weighted by Gasteiger charge is 2.30. The second kappa shape index (κ2) is 13.8. The van der Waals surface area contributed by atoms with E-state index < -0.39 is 60.2 Å². The molecule has 4 unspecified atom stereocenters. The van der Waals surface area contributed by atoms with Gasteiger partial charge in [0, 0.05) is 35.0 Å². The minimum Gasteiger partial charge on any atom is -0.481 e. The summed E-state index contributed by atoms with van der Waals surface area (Å²) in [5.41, 5.74) is 7.73. The number of carboxylic acid groups (broad SMARTS) is 2. The summed E-state index contributed by atoms with van der Waals surface area (Å²) in [5.74, 6) is -5.20. The number of rotatable bonds is 14. The van der Waals surface area contributed by atoms with Crippen molar-refractivity contribution in [1.29, 1.82) is 0 Å². The van der Waals surface area contributed by atoms with Gasteiger partial charge in [-0.05, 0) is 24.5 Å².